The molecule has 1 aromatic carbocycles. The predicted octanol–water partition coefficient (Wildman–Crippen LogP) is 3.40. The number of nitrogens with zero attached hydrogens (tertiary/aromatic N) is 4. The van der Waals surface area contributed by atoms with Gasteiger partial charge in [-0.15, -0.1) is 0 Å². The summed E-state index contributed by atoms with van der Waals surface area (Å²) in [6.45, 7) is 9.44. The van der Waals surface area contributed by atoms with Gasteiger partial charge in [0.2, 0.25) is 0 Å². The molecule has 154 valence electrons. The van der Waals surface area contributed by atoms with Crippen LogP contribution in [0, 0.1) is 11.7 Å². The molecule has 6 heteroatoms. The third-order valence-corrected chi connectivity index (χ3v) is 5.69. The second-order valence-electron chi connectivity index (χ2n) is 7.67. The first-order valence-electron chi connectivity index (χ1n) is 10.4. The largest absolute Gasteiger partial charge is 0.383 e. The first-order valence-corrected chi connectivity index (χ1v) is 10.4. The lowest BCUT2D eigenvalue weighted by atomic mass is 9.95. The van der Waals surface area contributed by atoms with Crippen LogP contribution < -0.4 is 0 Å². The Morgan fingerprint density at radius 1 is 1.25 bits per heavy atom. The molecule has 0 spiro atoms. The lowest BCUT2D eigenvalue weighted by Gasteiger charge is -2.35. The van der Waals surface area contributed by atoms with Gasteiger partial charge in [0.25, 0.3) is 0 Å². The van der Waals surface area contributed by atoms with E-state index in [4.69, 9.17) is 4.74 Å². The number of benzene rings is 1. The Kier molecular flexibility index (Phi) is 8.01. The third kappa shape index (κ3) is 5.87. The predicted molar refractivity (Wildman–Crippen MR) is 109 cm³/mol. The molecule has 0 N–H and O–H groups in total. The molecule has 2 heterocycles. The molecule has 0 saturated carbocycles. The van der Waals surface area contributed by atoms with E-state index in [1.165, 1.54) is 0 Å². The lowest BCUT2D eigenvalue weighted by molar-refractivity contribution is 0.104. The van der Waals surface area contributed by atoms with Crippen molar-refractivity contribution in [1.82, 2.24) is 19.4 Å². The number of halogens is 1. The Hall–Kier alpha value is -1.76. The van der Waals surface area contributed by atoms with Crippen molar-refractivity contribution in [2.24, 2.45) is 5.92 Å². The molecule has 0 unspecified atom stereocenters. The summed E-state index contributed by atoms with van der Waals surface area (Å²) in [5.41, 5.74) is 0.800. The van der Waals surface area contributed by atoms with Crippen molar-refractivity contribution >= 4 is 0 Å². The van der Waals surface area contributed by atoms with Gasteiger partial charge in [-0.2, -0.15) is 0 Å². The minimum Gasteiger partial charge on any atom is -0.383 e. The quantitative estimate of drug-likeness (QED) is 0.625. The van der Waals surface area contributed by atoms with E-state index in [2.05, 4.69) is 26.3 Å². The molecule has 0 aliphatic carbocycles. The highest BCUT2D eigenvalue weighted by Gasteiger charge is 2.22. The number of methoxy groups -OCH3 is 1. The Morgan fingerprint density at radius 2 is 2.04 bits per heavy atom. The van der Waals surface area contributed by atoms with E-state index in [0.29, 0.717) is 12.5 Å². The molecule has 5 nitrogen and oxygen atoms in total. The van der Waals surface area contributed by atoms with Gasteiger partial charge in [-0.1, -0.05) is 18.2 Å². The van der Waals surface area contributed by atoms with Crippen LogP contribution >= 0.6 is 0 Å². The van der Waals surface area contributed by atoms with Crippen LogP contribution in [0.1, 0.15) is 31.2 Å². The normalized spacial score (nSPS) is 16.1. The number of likely N-dealkylation sites (tertiary alicyclic amines) is 1. The van der Waals surface area contributed by atoms with Gasteiger partial charge >= 0.3 is 0 Å². The van der Waals surface area contributed by atoms with Crippen LogP contribution in [-0.2, 0) is 24.4 Å². The maximum atomic E-state index is 13.9. The van der Waals surface area contributed by atoms with Gasteiger partial charge in [-0.3, -0.25) is 9.80 Å². The summed E-state index contributed by atoms with van der Waals surface area (Å²) in [4.78, 5) is 9.37. The van der Waals surface area contributed by atoms with Gasteiger partial charge in [0.05, 0.1) is 13.2 Å². The molecule has 1 aromatic heterocycles. The van der Waals surface area contributed by atoms with Crippen LogP contribution in [0.15, 0.2) is 36.7 Å². The summed E-state index contributed by atoms with van der Waals surface area (Å²) < 4.78 is 21.4. The van der Waals surface area contributed by atoms with Crippen LogP contribution in [-0.4, -0.2) is 59.2 Å². The molecule has 1 aliphatic rings. The smallest absolute Gasteiger partial charge is 0.127 e. The summed E-state index contributed by atoms with van der Waals surface area (Å²) in [5.74, 6) is 1.69. The highest BCUT2D eigenvalue weighted by molar-refractivity contribution is 5.17. The zero-order chi connectivity index (χ0) is 19.8. The number of aromatic nitrogens is 2. The standard InChI is InChI=1S/C22H33FN4O/c1-3-27-13-10-24-22(27)18-26(14-15-28-2)16-19-8-11-25(12-9-19)17-20-6-4-5-7-21(20)23/h4-7,10,13,19H,3,8-9,11-12,14-18H2,1-2H3. The molecule has 1 aliphatic heterocycles. The van der Waals surface area contributed by atoms with Gasteiger partial charge in [0.15, 0.2) is 0 Å². The summed E-state index contributed by atoms with van der Waals surface area (Å²) >= 11 is 0. The number of aryl methyl sites for hydroxylation is 1. The van der Waals surface area contributed by atoms with Gasteiger partial charge in [-0.05, 0) is 44.8 Å². The Bertz CT molecular complexity index is 712. The SMILES string of the molecule is CCn1ccnc1CN(CCOC)CC1CCN(Cc2ccccc2F)CC1. The zero-order valence-corrected chi connectivity index (χ0v) is 17.2. The number of piperidine rings is 1. The topological polar surface area (TPSA) is 33.5 Å². The molecular weight excluding hydrogens is 355 g/mol. The Balaban J connectivity index is 1.51. The average Bonchev–Trinajstić information content (AvgIpc) is 3.16. The minimum absolute atomic E-state index is 0.0956. The van der Waals surface area contributed by atoms with Crippen molar-refractivity contribution in [3.63, 3.8) is 0 Å². The van der Waals surface area contributed by atoms with Gasteiger partial charge < -0.3 is 9.30 Å². The van der Waals surface area contributed by atoms with Crippen molar-refractivity contribution in [1.29, 1.82) is 0 Å². The molecule has 3 rings (SSSR count). The third-order valence-electron chi connectivity index (χ3n) is 5.69. The van der Waals surface area contributed by atoms with E-state index in [1.807, 2.05) is 24.5 Å². The highest BCUT2D eigenvalue weighted by atomic mass is 19.1. The van der Waals surface area contributed by atoms with Crippen LogP contribution in [0.4, 0.5) is 4.39 Å². The number of ether oxygens (including phenoxy) is 1. The van der Waals surface area contributed by atoms with Gasteiger partial charge in [-0.25, -0.2) is 9.37 Å². The maximum Gasteiger partial charge on any atom is 0.127 e. The Morgan fingerprint density at radius 3 is 2.75 bits per heavy atom. The molecule has 28 heavy (non-hydrogen) atoms. The molecule has 2 aromatic rings. The van der Waals surface area contributed by atoms with E-state index >= 15 is 0 Å². The summed E-state index contributed by atoms with van der Waals surface area (Å²) in [7, 11) is 1.76. The average molecular weight is 389 g/mol. The van der Waals surface area contributed by atoms with Crippen LogP contribution in [0.3, 0.4) is 0 Å². The molecule has 1 saturated heterocycles. The number of imidazole rings is 1. The van der Waals surface area contributed by atoms with Crippen molar-refractivity contribution in [3.8, 4) is 0 Å². The van der Waals surface area contributed by atoms with E-state index in [9.17, 15) is 4.39 Å². The van der Waals surface area contributed by atoms with Crippen molar-refractivity contribution in [2.45, 2.75) is 39.4 Å². The van der Waals surface area contributed by atoms with E-state index in [0.717, 1.165) is 70.1 Å². The maximum absolute atomic E-state index is 13.9. The fraction of sp³-hybridized carbons (Fsp3) is 0.591. The van der Waals surface area contributed by atoms with Crippen molar-refractivity contribution < 1.29 is 9.13 Å². The van der Waals surface area contributed by atoms with Crippen molar-refractivity contribution in [2.75, 3.05) is 39.9 Å². The monoisotopic (exact) mass is 388 g/mol. The van der Waals surface area contributed by atoms with Gasteiger partial charge in [0, 0.05) is 51.2 Å². The van der Waals surface area contributed by atoms with E-state index < -0.39 is 0 Å². The number of hydrogen-bond acceptors (Lipinski definition) is 4. The molecule has 0 bridgehead atoms. The second kappa shape index (κ2) is 10.7. The second-order valence-corrected chi connectivity index (χ2v) is 7.67. The first-order chi connectivity index (χ1) is 13.7. The molecule has 0 radical (unpaired) electrons. The highest BCUT2D eigenvalue weighted by Crippen LogP contribution is 2.21. The molecular formula is C22H33FN4O. The lowest BCUT2D eigenvalue weighted by Crippen LogP contribution is -2.39. The molecule has 0 atom stereocenters. The van der Waals surface area contributed by atoms with Gasteiger partial charge in [0.1, 0.15) is 11.6 Å². The summed E-state index contributed by atoms with van der Waals surface area (Å²) in [6.07, 6.45) is 6.24. The minimum atomic E-state index is -0.0956. The molecule has 1 fully saturated rings. The zero-order valence-electron chi connectivity index (χ0n) is 17.2. The molecule has 0 amide bonds. The number of rotatable bonds is 10. The summed E-state index contributed by atoms with van der Waals surface area (Å²) in [6, 6.07) is 7.11. The fourth-order valence-electron chi connectivity index (χ4n) is 3.99. The Labute approximate surface area is 168 Å². The van der Waals surface area contributed by atoms with Crippen LogP contribution in [0.5, 0.6) is 0 Å². The van der Waals surface area contributed by atoms with Crippen LogP contribution in [0.2, 0.25) is 0 Å². The summed E-state index contributed by atoms with van der Waals surface area (Å²) in [5, 5.41) is 0. The van der Waals surface area contributed by atoms with Crippen LogP contribution in [0.25, 0.3) is 0 Å². The fourth-order valence-corrected chi connectivity index (χ4v) is 3.99. The number of hydrogen-bond donors (Lipinski definition) is 0. The first kappa shape index (κ1) is 21.0. The van der Waals surface area contributed by atoms with E-state index in [1.54, 1.807) is 19.2 Å². The van der Waals surface area contributed by atoms with Crippen molar-refractivity contribution in [3.05, 3.63) is 53.9 Å². The van der Waals surface area contributed by atoms with E-state index in [-0.39, 0.29) is 5.82 Å².